The van der Waals surface area contributed by atoms with Gasteiger partial charge in [-0.3, -0.25) is 0 Å². The van der Waals surface area contributed by atoms with Crippen molar-refractivity contribution in [1.29, 1.82) is 0 Å². The van der Waals surface area contributed by atoms with Gasteiger partial charge >= 0.3 is 0 Å². The number of para-hydroxylation sites is 1. The van der Waals surface area contributed by atoms with Crippen molar-refractivity contribution in [3.05, 3.63) is 112 Å². The molecule has 2 aliphatic rings. The highest BCUT2D eigenvalue weighted by atomic mass is 14.9. The van der Waals surface area contributed by atoms with Crippen LogP contribution in [-0.4, -0.2) is 13.1 Å². The number of likely N-dealkylation sites (N-methyl/N-ethyl adjacent to an activating group) is 1. The molecule has 2 aromatic carbocycles. The first-order chi connectivity index (χ1) is 16.1. The summed E-state index contributed by atoms with van der Waals surface area (Å²) < 4.78 is 0. The molecule has 2 N–H and O–H groups in total. The largest absolute Gasteiger partial charge is 0.378 e. The van der Waals surface area contributed by atoms with Crippen molar-refractivity contribution in [2.24, 2.45) is 0 Å². The summed E-state index contributed by atoms with van der Waals surface area (Å²) in [5.74, 6) is 0. The second-order valence-electron chi connectivity index (χ2n) is 9.48. The average molecular weight is 439 g/mol. The van der Waals surface area contributed by atoms with E-state index in [1.807, 2.05) is 0 Å². The van der Waals surface area contributed by atoms with Crippen LogP contribution < -0.4 is 10.6 Å². The topological polar surface area (TPSA) is 24.1 Å². The molecule has 0 fully saturated rings. The van der Waals surface area contributed by atoms with Crippen molar-refractivity contribution >= 4 is 5.69 Å². The number of benzene rings is 2. The van der Waals surface area contributed by atoms with Crippen LogP contribution in [0.3, 0.4) is 0 Å². The highest BCUT2D eigenvalue weighted by Gasteiger charge is 2.22. The SMILES string of the molecule is C/C=C\C=C/CC(NC)C1=CC(Cc2cc(C3Cc4ccccc4N3)ccc2C)=C(C)CC1. The Balaban J connectivity index is 1.52. The lowest BCUT2D eigenvalue weighted by molar-refractivity contribution is 0.610. The maximum atomic E-state index is 3.72. The van der Waals surface area contributed by atoms with E-state index in [4.69, 9.17) is 0 Å². The molecule has 2 unspecified atom stereocenters. The van der Waals surface area contributed by atoms with Crippen LogP contribution in [0.25, 0.3) is 0 Å². The van der Waals surface area contributed by atoms with Gasteiger partial charge in [0.2, 0.25) is 0 Å². The molecule has 0 amide bonds. The third-order valence-corrected chi connectivity index (χ3v) is 7.23. The third-order valence-electron chi connectivity index (χ3n) is 7.23. The van der Waals surface area contributed by atoms with Crippen LogP contribution >= 0.6 is 0 Å². The summed E-state index contributed by atoms with van der Waals surface area (Å²) in [4.78, 5) is 0. The molecule has 0 saturated carbocycles. The Kier molecular flexibility index (Phi) is 7.67. The zero-order chi connectivity index (χ0) is 23.2. The van der Waals surface area contributed by atoms with Crippen molar-refractivity contribution in [2.45, 2.75) is 65.0 Å². The number of anilines is 1. The molecular weight excluding hydrogens is 400 g/mol. The normalized spacial score (nSPS) is 19.2. The van der Waals surface area contributed by atoms with Gasteiger partial charge in [-0.25, -0.2) is 0 Å². The molecule has 2 nitrogen and oxygen atoms in total. The zero-order valence-electron chi connectivity index (χ0n) is 20.6. The Labute approximate surface area is 200 Å². The van der Waals surface area contributed by atoms with Crippen LogP contribution in [0.5, 0.6) is 0 Å². The number of hydrogen-bond donors (Lipinski definition) is 2. The fourth-order valence-electron chi connectivity index (χ4n) is 5.05. The number of rotatable bonds is 8. The van der Waals surface area contributed by atoms with E-state index < -0.39 is 0 Å². The Bertz CT molecular complexity index is 1070. The van der Waals surface area contributed by atoms with E-state index in [1.165, 1.54) is 44.7 Å². The summed E-state index contributed by atoms with van der Waals surface area (Å²) in [7, 11) is 2.08. The predicted octanol–water partition coefficient (Wildman–Crippen LogP) is 7.39. The summed E-state index contributed by atoms with van der Waals surface area (Å²) in [6.45, 7) is 6.63. The van der Waals surface area contributed by atoms with E-state index in [1.54, 1.807) is 0 Å². The highest BCUT2D eigenvalue weighted by Crippen LogP contribution is 2.35. The van der Waals surface area contributed by atoms with Gasteiger partial charge in [-0.1, -0.05) is 77.9 Å². The van der Waals surface area contributed by atoms with Gasteiger partial charge < -0.3 is 10.6 Å². The Morgan fingerprint density at radius 3 is 2.73 bits per heavy atom. The Hall–Kier alpha value is -2.84. The van der Waals surface area contributed by atoms with E-state index >= 15 is 0 Å². The predicted molar refractivity (Wildman–Crippen MR) is 143 cm³/mol. The lowest BCUT2D eigenvalue weighted by atomic mass is 9.85. The second kappa shape index (κ2) is 10.9. The van der Waals surface area contributed by atoms with Crippen LogP contribution in [0.15, 0.2) is 89.6 Å². The number of aryl methyl sites for hydroxylation is 1. The Morgan fingerprint density at radius 2 is 1.94 bits per heavy atom. The number of nitrogens with one attached hydrogen (secondary N) is 2. The van der Waals surface area contributed by atoms with Gasteiger partial charge in [0.25, 0.3) is 0 Å². The number of fused-ring (bicyclic) bond motifs is 1. The molecular formula is C31H38N2. The van der Waals surface area contributed by atoms with Gasteiger partial charge in [-0.15, -0.1) is 0 Å². The zero-order valence-corrected chi connectivity index (χ0v) is 20.6. The lowest BCUT2D eigenvalue weighted by Crippen LogP contribution is -2.28. The molecule has 4 rings (SSSR count). The summed E-state index contributed by atoms with van der Waals surface area (Å²) in [5.41, 5.74) is 11.5. The third kappa shape index (κ3) is 5.57. The van der Waals surface area contributed by atoms with E-state index in [0.29, 0.717) is 12.1 Å². The molecule has 0 spiro atoms. The van der Waals surface area contributed by atoms with E-state index in [9.17, 15) is 0 Å². The average Bonchev–Trinajstić information content (AvgIpc) is 3.26. The molecule has 1 heterocycles. The summed E-state index contributed by atoms with van der Waals surface area (Å²) in [5, 5.41) is 7.26. The minimum Gasteiger partial charge on any atom is -0.378 e. The molecule has 0 bridgehead atoms. The van der Waals surface area contributed by atoms with Gasteiger partial charge in [0.15, 0.2) is 0 Å². The smallest absolute Gasteiger partial charge is 0.0555 e. The van der Waals surface area contributed by atoms with E-state index in [0.717, 1.165) is 32.1 Å². The molecule has 0 radical (unpaired) electrons. The standard InChI is InChI=1S/C31H38N2/c1-5-6-7-8-12-29(32-4)25-16-14-22(2)27(18-25)20-28-19-26(17-15-23(28)3)31-21-24-11-9-10-13-30(24)33-31/h5-11,13,15,17-19,29,31-33H,12,14,16,20-21H2,1-4H3/b6-5-,8-7-. The first-order valence-electron chi connectivity index (χ1n) is 12.4. The molecule has 2 heteroatoms. The fourth-order valence-corrected chi connectivity index (χ4v) is 5.05. The van der Waals surface area contributed by atoms with Crippen molar-refractivity contribution in [2.75, 3.05) is 12.4 Å². The minimum absolute atomic E-state index is 0.368. The molecule has 0 saturated heterocycles. The molecule has 2 aromatic rings. The van der Waals surface area contributed by atoms with Gasteiger partial charge in [0, 0.05) is 11.7 Å². The van der Waals surface area contributed by atoms with Crippen molar-refractivity contribution in [1.82, 2.24) is 5.32 Å². The van der Waals surface area contributed by atoms with Gasteiger partial charge in [-0.05, 0) is 93.8 Å². The molecule has 172 valence electrons. The van der Waals surface area contributed by atoms with Crippen LogP contribution in [-0.2, 0) is 12.8 Å². The minimum atomic E-state index is 0.368. The summed E-state index contributed by atoms with van der Waals surface area (Å²) in [6, 6.07) is 16.5. The maximum absolute atomic E-state index is 3.72. The first kappa shape index (κ1) is 23.3. The molecule has 1 aliphatic heterocycles. The van der Waals surface area contributed by atoms with Crippen LogP contribution in [0.2, 0.25) is 0 Å². The first-order valence-corrected chi connectivity index (χ1v) is 12.4. The van der Waals surface area contributed by atoms with Crippen LogP contribution in [0, 0.1) is 6.92 Å². The van der Waals surface area contributed by atoms with E-state index in [2.05, 4.69) is 111 Å². The van der Waals surface area contributed by atoms with Crippen LogP contribution in [0.1, 0.15) is 61.4 Å². The Morgan fingerprint density at radius 1 is 1.09 bits per heavy atom. The van der Waals surface area contributed by atoms with Gasteiger partial charge in [-0.2, -0.15) is 0 Å². The molecule has 33 heavy (non-hydrogen) atoms. The van der Waals surface area contributed by atoms with E-state index in [-0.39, 0.29) is 0 Å². The lowest BCUT2D eigenvalue weighted by Gasteiger charge is -2.25. The second-order valence-corrected chi connectivity index (χ2v) is 9.48. The summed E-state index contributed by atoms with van der Waals surface area (Å²) in [6.07, 6.45) is 16.5. The van der Waals surface area contributed by atoms with Crippen molar-refractivity contribution < 1.29 is 0 Å². The maximum Gasteiger partial charge on any atom is 0.0555 e. The van der Waals surface area contributed by atoms with Gasteiger partial charge in [0.1, 0.15) is 0 Å². The van der Waals surface area contributed by atoms with Crippen molar-refractivity contribution in [3.63, 3.8) is 0 Å². The molecule has 0 aromatic heterocycles. The van der Waals surface area contributed by atoms with Crippen molar-refractivity contribution in [3.8, 4) is 0 Å². The molecule has 2 atom stereocenters. The number of allylic oxidation sites excluding steroid dienone is 6. The monoisotopic (exact) mass is 438 g/mol. The highest BCUT2D eigenvalue weighted by molar-refractivity contribution is 5.58. The fraction of sp³-hybridized carbons (Fsp3) is 0.355. The number of hydrogen-bond acceptors (Lipinski definition) is 2. The molecule has 1 aliphatic carbocycles. The quantitative estimate of drug-likeness (QED) is 0.420. The summed E-state index contributed by atoms with van der Waals surface area (Å²) >= 11 is 0. The van der Waals surface area contributed by atoms with Crippen LogP contribution in [0.4, 0.5) is 5.69 Å². The van der Waals surface area contributed by atoms with Gasteiger partial charge in [0.05, 0.1) is 6.04 Å².